The largest absolute Gasteiger partial charge is 0.255 e. The monoisotopic (exact) mass is 587 g/mol. The van der Waals surface area contributed by atoms with Crippen LogP contribution >= 0.6 is 0 Å². The Hall–Kier alpha value is -6.33. The Morgan fingerprint density at radius 1 is 0.370 bits per heavy atom. The molecule has 4 heterocycles. The summed E-state index contributed by atoms with van der Waals surface area (Å²) in [5.41, 5.74) is 9.20. The van der Waals surface area contributed by atoms with Crippen molar-refractivity contribution in [1.29, 1.82) is 0 Å². The van der Waals surface area contributed by atoms with Gasteiger partial charge in [0.15, 0.2) is 5.82 Å². The second-order valence-electron chi connectivity index (χ2n) is 11.3. The quantitative estimate of drug-likeness (QED) is 0.192. The lowest BCUT2D eigenvalue weighted by atomic mass is 10.0. The number of hydrogen-bond donors (Lipinski definition) is 0. The maximum atomic E-state index is 5.16. The Morgan fingerprint density at radius 2 is 1.02 bits per heavy atom. The highest BCUT2D eigenvalue weighted by Gasteiger charge is 2.14. The van der Waals surface area contributed by atoms with E-state index in [1.54, 1.807) is 6.20 Å². The molecule has 0 aliphatic carbocycles. The number of hydrogen-bond acceptors (Lipinski definition) is 5. The highest BCUT2D eigenvalue weighted by molar-refractivity contribution is 6.04. The van der Waals surface area contributed by atoms with Gasteiger partial charge in [-0.25, -0.2) is 19.9 Å². The van der Waals surface area contributed by atoms with Crippen LogP contribution in [0.15, 0.2) is 152 Å². The van der Waals surface area contributed by atoms with E-state index in [0.717, 1.165) is 83.4 Å². The summed E-state index contributed by atoms with van der Waals surface area (Å²) < 4.78 is 0. The van der Waals surface area contributed by atoms with Crippen molar-refractivity contribution in [2.75, 3.05) is 0 Å². The summed E-state index contributed by atoms with van der Waals surface area (Å²) in [5, 5.41) is 5.42. The molecule has 46 heavy (non-hydrogen) atoms. The van der Waals surface area contributed by atoms with Gasteiger partial charge in [0.05, 0.1) is 39.3 Å². The lowest BCUT2D eigenvalue weighted by Crippen LogP contribution is -1.96. The summed E-state index contributed by atoms with van der Waals surface area (Å²) in [4.78, 5) is 24.8. The van der Waals surface area contributed by atoms with E-state index in [9.17, 15) is 0 Å². The molecule has 5 aromatic carbocycles. The number of aromatic nitrogens is 5. The molecule has 0 saturated carbocycles. The second kappa shape index (κ2) is 10.7. The number of pyridine rings is 3. The van der Waals surface area contributed by atoms with Crippen molar-refractivity contribution in [2.45, 2.75) is 0 Å². The van der Waals surface area contributed by atoms with E-state index in [4.69, 9.17) is 19.9 Å². The molecule has 0 unspecified atom stereocenters. The van der Waals surface area contributed by atoms with Crippen molar-refractivity contribution in [3.8, 4) is 45.3 Å². The Balaban J connectivity index is 1.14. The third-order valence-electron chi connectivity index (χ3n) is 8.53. The Morgan fingerprint density at radius 3 is 1.83 bits per heavy atom. The molecule has 4 aromatic heterocycles. The topological polar surface area (TPSA) is 64.5 Å². The van der Waals surface area contributed by atoms with E-state index in [2.05, 4.69) is 114 Å². The third-order valence-corrected chi connectivity index (χ3v) is 8.53. The number of para-hydroxylation sites is 1. The average Bonchev–Trinajstić information content (AvgIpc) is 3.14. The standard InChI is InChI=1S/C41H25N5/c1-2-10-31-26(8-1)9-7-12-32(31)41-45-35-13-4-3-11-33(35)38(46-41)28-17-15-27(16-18-28)34-23-21-29-19-20-30-22-24-37(36-14-5-6-25-42-36)44-40(30)39(29)43-34/h1-25H. The van der Waals surface area contributed by atoms with Gasteiger partial charge in [-0.3, -0.25) is 4.98 Å². The first-order chi connectivity index (χ1) is 22.8. The van der Waals surface area contributed by atoms with Gasteiger partial charge in [0.2, 0.25) is 0 Å². The summed E-state index contributed by atoms with van der Waals surface area (Å²) in [6.45, 7) is 0. The van der Waals surface area contributed by atoms with Gasteiger partial charge in [0.25, 0.3) is 0 Å². The molecular formula is C41H25N5. The molecule has 0 spiro atoms. The Bertz CT molecular complexity index is 2570. The first-order valence-corrected chi connectivity index (χ1v) is 15.3. The highest BCUT2D eigenvalue weighted by atomic mass is 14.9. The zero-order valence-electron chi connectivity index (χ0n) is 24.7. The molecule has 0 fully saturated rings. The fraction of sp³-hybridized carbons (Fsp3) is 0. The van der Waals surface area contributed by atoms with Crippen molar-refractivity contribution in [2.24, 2.45) is 0 Å². The fourth-order valence-electron chi connectivity index (χ4n) is 6.22. The van der Waals surface area contributed by atoms with Gasteiger partial charge in [-0.05, 0) is 41.1 Å². The van der Waals surface area contributed by atoms with Crippen LogP contribution in [0.25, 0.3) is 88.8 Å². The number of rotatable bonds is 4. The van der Waals surface area contributed by atoms with Gasteiger partial charge in [0.1, 0.15) is 0 Å². The molecular weight excluding hydrogens is 562 g/mol. The SMILES string of the molecule is c1ccc(-c2ccc3ccc4ccc(-c5ccc(-c6nc(-c7cccc8ccccc78)nc7ccccc67)cc5)nc4c3n2)nc1. The van der Waals surface area contributed by atoms with Crippen molar-refractivity contribution in [1.82, 2.24) is 24.9 Å². The molecule has 0 bridgehead atoms. The lowest BCUT2D eigenvalue weighted by Gasteiger charge is -2.12. The van der Waals surface area contributed by atoms with E-state index in [1.165, 1.54) is 5.39 Å². The zero-order valence-corrected chi connectivity index (χ0v) is 24.7. The predicted octanol–water partition coefficient (Wildman–Crippen LogP) is 9.94. The van der Waals surface area contributed by atoms with Crippen LogP contribution in [0, 0.1) is 0 Å². The number of fused-ring (bicyclic) bond motifs is 5. The zero-order chi connectivity index (χ0) is 30.5. The van der Waals surface area contributed by atoms with Gasteiger partial charge in [-0.2, -0.15) is 0 Å². The molecule has 9 aromatic rings. The van der Waals surface area contributed by atoms with Crippen LogP contribution in [0.1, 0.15) is 0 Å². The minimum Gasteiger partial charge on any atom is -0.255 e. The first-order valence-electron chi connectivity index (χ1n) is 15.3. The molecule has 5 heteroatoms. The molecule has 0 amide bonds. The van der Waals surface area contributed by atoms with Gasteiger partial charge < -0.3 is 0 Å². The maximum Gasteiger partial charge on any atom is 0.161 e. The number of nitrogens with zero attached hydrogens (tertiary/aromatic N) is 5. The summed E-state index contributed by atoms with van der Waals surface area (Å²) in [6.07, 6.45) is 1.79. The summed E-state index contributed by atoms with van der Waals surface area (Å²) >= 11 is 0. The van der Waals surface area contributed by atoms with E-state index in [0.29, 0.717) is 0 Å². The van der Waals surface area contributed by atoms with E-state index >= 15 is 0 Å². The average molecular weight is 588 g/mol. The Kier molecular flexibility index (Phi) is 6.06. The van der Waals surface area contributed by atoms with Gasteiger partial charge >= 0.3 is 0 Å². The molecule has 0 aliphatic heterocycles. The summed E-state index contributed by atoms with van der Waals surface area (Å²) in [6, 6.07) is 49.7. The van der Waals surface area contributed by atoms with Crippen molar-refractivity contribution in [3.63, 3.8) is 0 Å². The van der Waals surface area contributed by atoms with Crippen LogP contribution in [0.3, 0.4) is 0 Å². The normalized spacial score (nSPS) is 11.5. The first kappa shape index (κ1) is 26.1. The van der Waals surface area contributed by atoms with Crippen LogP contribution in [0.4, 0.5) is 0 Å². The Labute approximate surface area is 264 Å². The maximum absolute atomic E-state index is 5.16. The summed E-state index contributed by atoms with van der Waals surface area (Å²) in [5.74, 6) is 0.718. The fourth-order valence-corrected chi connectivity index (χ4v) is 6.22. The van der Waals surface area contributed by atoms with E-state index < -0.39 is 0 Å². The van der Waals surface area contributed by atoms with Crippen molar-refractivity contribution < 1.29 is 0 Å². The van der Waals surface area contributed by atoms with Crippen LogP contribution in [0.5, 0.6) is 0 Å². The molecule has 0 radical (unpaired) electrons. The molecule has 5 nitrogen and oxygen atoms in total. The minimum atomic E-state index is 0.718. The second-order valence-corrected chi connectivity index (χ2v) is 11.3. The lowest BCUT2D eigenvalue weighted by molar-refractivity contribution is 1.23. The predicted molar refractivity (Wildman–Crippen MR) is 187 cm³/mol. The van der Waals surface area contributed by atoms with Gasteiger partial charge in [0, 0.05) is 39.0 Å². The van der Waals surface area contributed by atoms with Crippen LogP contribution in [-0.4, -0.2) is 24.9 Å². The van der Waals surface area contributed by atoms with Crippen LogP contribution in [-0.2, 0) is 0 Å². The van der Waals surface area contributed by atoms with Gasteiger partial charge in [-0.1, -0.05) is 115 Å². The van der Waals surface area contributed by atoms with E-state index in [1.807, 2.05) is 36.4 Å². The van der Waals surface area contributed by atoms with Crippen LogP contribution < -0.4 is 0 Å². The number of benzene rings is 5. The molecule has 0 N–H and O–H groups in total. The molecule has 214 valence electrons. The minimum absolute atomic E-state index is 0.718. The molecule has 0 aliphatic rings. The molecule has 0 saturated heterocycles. The molecule has 9 rings (SSSR count). The third kappa shape index (κ3) is 4.45. The molecule has 0 atom stereocenters. The van der Waals surface area contributed by atoms with Crippen LogP contribution in [0.2, 0.25) is 0 Å². The van der Waals surface area contributed by atoms with E-state index in [-0.39, 0.29) is 0 Å². The smallest absolute Gasteiger partial charge is 0.161 e. The highest BCUT2D eigenvalue weighted by Crippen LogP contribution is 2.34. The van der Waals surface area contributed by atoms with Crippen molar-refractivity contribution in [3.05, 3.63) is 152 Å². The van der Waals surface area contributed by atoms with Crippen molar-refractivity contribution >= 4 is 43.5 Å². The van der Waals surface area contributed by atoms with Gasteiger partial charge in [-0.15, -0.1) is 0 Å². The summed E-state index contributed by atoms with van der Waals surface area (Å²) in [7, 11) is 0.